The van der Waals surface area contributed by atoms with Crippen LogP contribution in [0, 0.1) is 37.9 Å². The van der Waals surface area contributed by atoms with E-state index in [1.165, 1.54) is 17.3 Å². The first-order chi connectivity index (χ1) is 13.0. The molecule has 3 rings (SSSR count). The van der Waals surface area contributed by atoms with Crippen LogP contribution in [0.15, 0.2) is 47.4 Å². The summed E-state index contributed by atoms with van der Waals surface area (Å²) < 4.78 is 0. The van der Waals surface area contributed by atoms with Crippen molar-refractivity contribution < 1.29 is 9.59 Å². The van der Waals surface area contributed by atoms with Crippen molar-refractivity contribution in [3.05, 3.63) is 64.7 Å². The molecule has 138 valence electrons. The topological polar surface area (TPSA) is 34.1 Å². The number of carbonyl (C=O) groups is 2. The second kappa shape index (κ2) is 8.59. The Kier molecular flexibility index (Phi) is 6.19. The fourth-order valence-corrected chi connectivity index (χ4v) is 4.54. The number of ketones is 2. The molecule has 0 aromatic heterocycles. The molecule has 0 saturated heterocycles. The monoisotopic (exact) mass is 376 g/mol. The van der Waals surface area contributed by atoms with E-state index in [1.807, 2.05) is 44.2 Å². The molecule has 2 nitrogen and oxygen atoms in total. The predicted molar refractivity (Wildman–Crippen MR) is 111 cm³/mol. The van der Waals surface area contributed by atoms with Crippen LogP contribution in [0.25, 0.3) is 0 Å². The standard InChI is InChI=1S/C24H24O2S/c1-16-14-17(2)23(18(3)15-16)20(24-21(25)10-7-11-22(24)26)12-13-27-19-8-5-4-6-9-19/h4-6,8-9,14-15,20,24H,7,10-11H2,1-3H3. The van der Waals surface area contributed by atoms with E-state index in [1.54, 1.807) is 0 Å². The van der Waals surface area contributed by atoms with Gasteiger partial charge >= 0.3 is 0 Å². The van der Waals surface area contributed by atoms with E-state index in [0.717, 1.165) is 21.6 Å². The molecule has 0 aliphatic heterocycles. The molecule has 1 aliphatic carbocycles. The quantitative estimate of drug-likeness (QED) is 0.409. The van der Waals surface area contributed by atoms with Crippen LogP contribution in [0.1, 0.15) is 47.4 Å². The van der Waals surface area contributed by atoms with Crippen molar-refractivity contribution in [3.8, 4) is 11.2 Å². The van der Waals surface area contributed by atoms with Crippen molar-refractivity contribution in [1.82, 2.24) is 0 Å². The first-order valence-corrected chi connectivity index (χ1v) is 10.1. The molecule has 27 heavy (non-hydrogen) atoms. The van der Waals surface area contributed by atoms with Gasteiger partial charge in [-0.2, -0.15) is 0 Å². The minimum Gasteiger partial charge on any atom is -0.299 e. The summed E-state index contributed by atoms with van der Waals surface area (Å²) in [4.78, 5) is 26.4. The number of Topliss-reactive ketones (excluding diaryl/α,β-unsaturated/α-hetero) is 2. The molecule has 0 radical (unpaired) electrons. The first-order valence-electron chi connectivity index (χ1n) is 9.33. The van der Waals surface area contributed by atoms with Crippen LogP contribution in [-0.2, 0) is 9.59 Å². The number of hydrogen-bond donors (Lipinski definition) is 0. The minimum atomic E-state index is -0.636. The normalized spacial score (nSPS) is 16.0. The van der Waals surface area contributed by atoms with Gasteiger partial charge in [0.25, 0.3) is 0 Å². The molecule has 2 aromatic carbocycles. The smallest absolute Gasteiger partial charge is 0.144 e. The predicted octanol–water partition coefficient (Wildman–Crippen LogP) is 5.39. The van der Waals surface area contributed by atoms with Crippen LogP contribution in [0.4, 0.5) is 0 Å². The lowest BCUT2D eigenvalue weighted by Crippen LogP contribution is -2.34. The Balaban J connectivity index is 2.02. The van der Waals surface area contributed by atoms with Crippen molar-refractivity contribution in [2.45, 2.75) is 50.8 Å². The number of carbonyl (C=O) groups excluding carboxylic acids is 2. The number of thioether (sulfide) groups is 1. The molecule has 1 fully saturated rings. The Morgan fingerprint density at radius 1 is 0.963 bits per heavy atom. The lowest BCUT2D eigenvalue weighted by atomic mass is 9.73. The van der Waals surface area contributed by atoms with Crippen LogP contribution in [0.2, 0.25) is 0 Å². The molecule has 1 saturated carbocycles. The van der Waals surface area contributed by atoms with Crippen LogP contribution >= 0.6 is 11.8 Å². The molecule has 1 unspecified atom stereocenters. The highest BCUT2D eigenvalue weighted by molar-refractivity contribution is 8.03. The molecule has 0 heterocycles. The van der Waals surface area contributed by atoms with Crippen LogP contribution in [-0.4, -0.2) is 11.6 Å². The summed E-state index contributed by atoms with van der Waals surface area (Å²) in [5, 5.41) is 3.17. The third kappa shape index (κ3) is 4.51. The SMILES string of the molecule is Cc1cc(C)c(C(C#CSc2ccccc2)C2C(=O)CCCC2=O)c(C)c1. The molecule has 3 heteroatoms. The summed E-state index contributed by atoms with van der Waals surface area (Å²) in [5.41, 5.74) is 4.42. The van der Waals surface area contributed by atoms with Crippen molar-refractivity contribution in [2.75, 3.05) is 0 Å². The average Bonchev–Trinajstić information content (AvgIpc) is 2.61. The summed E-state index contributed by atoms with van der Waals surface area (Å²) in [6, 6.07) is 14.2. The second-order valence-electron chi connectivity index (χ2n) is 7.22. The van der Waals surface area contributed by atoms with Gasteiger partial charge in [-0.3, -0.25) is 9.59 Å². The molecule has 1 aliphatic rings. The lowest BCUT2D eigenvalue weighted by Gasteiger charge is -2.27. The van der Waals surface area contributed by atoms with Gasteiger partial charge in [-0.15, -0.1) is 0 Å². The van der Waals surface area contributed by atoms with Gasteiger partial charge in [0.2, 0.25) is 0 Å². The van der Waals surface area contributed by atoms with E-state index >= 15 is 0 Å². The number of rotatable bonds is 3. The highest BCUT2D eigenvalue weighted by atomic mass is 32.2. The zero-order valence-corrected chi connectivity index (χ0v) is 16.9. The molecule has 0 amide bonds. The fourth-order valence-electron chi connectivity index (χ4n) is 3.94. The Morgan fingerprint density at radius 2 is 1.56 bits per heavy atom. The largest absolute Gasteiger partial charge is 0.299 e. The maximum atomic E-state index is 12.6. The van der Waals surface area contributed by atoms with Gasteiger partial charge < -0.3 is 0 Å². The molecular weight excluding hydrogens is 352 g/mol. The van der Waals surface area contributed by atoms with Crippen molar-refractivity contribution in [2.24, 2.45) is 5.92 Å². The van der Waals surface area contributed by atoms with Crippen molar-refractivity contribution in [3.63, 3.8) is 0 Å². The van der Waals surface area contributed by atoms with Crippen LogP contribution < -0.4 is 0 Å². The van der Waals surface area contributed by atoms with E-state index in [0.29, 0.717) is 19.3 Å². The third-order valence-electron chi connectivity index (χ3n) is 5.05. The van der Waals surface area contributed by atoms with Gasteiger partial charge in [0, 0.05) is 17.7 Å². The first kappa shape index (κ1) is 19.5. The van der Waals surface area contributed by atoms with E-state index in [2.05, 4.69) is 30.2 Å². The summed E-state index contributed by atoms with van der Waals surface area (Å²) in [6.45, 7) is 6.16. The molecular formula is C24H24O2S. The van der Waals surface area contributed by atoms with E-state index < -0.39 is 5.92 Å². The summed E-state index contributed by atoms with van der Waals surface area (Å²) >= 11 is 1.44. The number of aryl methyl sites for hydroxylation is 3. The van der Waals surface area contributed by atoms with Crippen LogP contribution in [0.5, 0.6) is 0 Å². The molecule has 0 bridgehead atoms. The minimum absolute atomic E-state index is 0.0367. The molecule has 2 aromatic rings. The van der Waals surface area contributed by atoms with E-state index in [4.69, 9.17) is 0 Å². The zero-order chi connectivity index (χ0) is 19.4. The third-order valence-corrected chi connectivity index (χ3v) is 5.78. The van der Waals surface area contributed by atoms with Gasteiger partial charge in [-0.25, -0.2) is 0 Å². The maximum Gasteiger partial charge on any atom is 0.144 e. The summed E-state index contributed by atoms with van der Waals surface area (Å²) in [5.74, 6) is 2.35. The van der Waals surface area contributed by atoms with Gasteiger partial charge in [0.05, 0.1) is 11.8 Å². The zero-order valence-electron chi connectivity index (χ0n) is 16.0. The Bertz CT molecular complexity index is 879. The van der Waals surface area contributed by atoms with Crippen molar-refractivity contribution in [1.29, 1.82) is 0 Å². The Labute approximate surface area is 165 Å². The highest BCUT2D eigenvalue weighted by Crippen LogP contribution is 2.36. The maximum absolute atomic E-state index is 12.6. The number of hydrogen-bond acceptors (Lipinski definition) is 3. The summed E-state index contributed by atoms with van der Waals surface area (Å²) in [7, 11) is 0. The average molecular weight is 377 g/mol. The number of benzene rings is 2. The van der Waals surface area contributed by atoms with E-state index in [9.17, 15) is 9.59 Å². The van der Waals surface area contributed by atoms with Crippen LogP contribution in [0.3, 0.4) is 0 Å². The van der Waals surface area contributed by atoms with Gasteiger partial charge in [0.15, 0.2) is 0 Å². The molecule has 1 atom stereocenters. The molecule has 0 N–H and O–H groups in total. The Hall–Kier alpha value is -2.31. The Morgan fingerprint density at radius 3 is 2.15 bits per heavy atom. The fraction of sp³-hybridized carbons (Fsp3) is 0.333. The molecule has 0 spiro atoms. The lowest BCUT2D eigenvalue weighted by molar-refractivity contribution is -0.135. The van der Waals surface area contributed by atoms with E-state index in [-0.39, 0.29) is 17.5 Å². The van der Waals surface area contributed by atoms with Gasteiger partial charge in [0.1, 0.15) is 11.6 Å². The highest BCUT2D eigenvalue weighted by Gasteiger charge is 2.37. The van der Waals surface area contributed by atoms with Gasteiger partial charge in [-0.1, -0.05) is 41.8 Å². The van der Waals surface area contributed by atoms with Crippen molar-refractivity contribution >= 4 is 23.3 Å². The summed E-state index contributed by atoms with van der Waals surface area (Å²) in [6.07, 6.45) is 1.62. The second-order valence-corrected chi connectivity index (χ2v) is 8.10. The van der Waals surface area contributed by atoms with Gasteiger partial charge in [-0.05, 0) is 73.0 Å².